The Morgan fingerprint density at radius 2 is 1.85 bits per heavy atom. The van der Waals surface area contributed by atoms with Gasteiger partial charge in [-0.2, -0.15) is 0 Å². The summed E-state index contributed by atoms with van der Waals surface area (Å²) in [7, 11) is 1.19. The molecule has 0 saturated carbocycles. The van der Waals surface area contributed by atoms with Crippen LogP contribution >= 0.6 is 0 Å². The number of carbonyl (C=O) groups excluding carboxylic acids is 2. The molecule has 0 bridgehead atoms. The Hall–Kier alpha value is -1.50. The molecule has 0 amide bonds. The molecule has 0 aromatic heterocycles. The number of esters is 2. The van der Waals surface area contributed by atoms with Crippen molar-refractivity contribution >= 4 is 11.9 Å². The number of rotatable bonds is 3. The highest BCUT2D eigenvalue weighted by Gasteiger charge is 1.97. The molecule has 0 rings (SSSR count). The summed E-state index contributed by atoms with van der Waals surface area (Å²) in [6, 6.07) is 0. The van der Waals surface area contributed by atoms with Gasteiger partial charge in [0.25, 0.3) is 0 Å². The first-order chi connectivity index (χ1) is 6.20. The maximum absolute atomic E-state index is 10.7. The lowest BCUT2D eigenvalue weighted by molar-refractivity contribution is -0.137. The van der Waals surface area contributed by atoms with Gasteiger partial charge in [-0.3, -0.25) is 0 Å². The van der Waals surface area contributed by atoms with E-state index in [0.29, 0.717) is 6.61 Å². The maximum Gasteiger partial charge on any atom is 0.384 e. The SMILES string of the molecule is CCCCOC(=O)C#CC(=O)OC. The van der Waals surface area contributed by atoms with Crippen LogP contribution in [0, 0.1) is 11.8 Å². The number of hydrogen-bond acceptors (Lipinski definition) is 4. The summed E-state index contributed by atoms with van der Waals surface area (Å²) in [5.41, 5.74) is 0. The molecule has 0 aliphatic heterocycles. The summed E-state index contributed by atoms with van der Waals surface area (Å²) in [6.07, 6.45) is 1.74. The summed E-state index contributed by atoms with van der Waals surface area (Å²) in [5.74, 6) is 2.54. The summed E-state index contributed by atoms with van der Waals surface area (Å²) in [5, 5.41) is 0. The van der Waals surface area contributed by atoms with Crippen molar-refractivity contribution in [3.63, 3.8) is 0 Å². The fourth-order valence-electron chi connectivity index (χ4n) is 0.498. The molecule has 0 aliphatic rings. The van der Waals surface area contributed by atoms with E-state index in [-0.39, 0.29) is 0 Å². The van der Waals surface area contributed by atoms with Gasteiger partial charge in [0.1, 0.15) is 0 Å². The predicted octanol–water partition coefficient (Wildman–Crippen LogP) is 0.506. The maximum atomic E-state index is 10.7. The standard InChI is InChI=1S/C9H12O4/c1-3-4-7-13-9(11)6-5-8(10)12-2/h3-4,7H2,1-2H3. The van der Waals surface area contributed by atoms with E-state index in [1.165, 1.54) is 7.11 Å². The number of unbranched alkanes of at least 4 members (excludes halogenated alkanes) is 1. The van der Waals surface area contributed by atoms with E-state index < -0.39 is 11.9 Å². The van der Waals surface area contributed by atoms with Crippen LogP contribution in [0.15, 0.2) is 0 Å². The van der Waals surface area contributed by atoms with E-state index in [0.717, 1.165) is 12.8 Å². The molecule has 0 heterocycles. The fraction of sp³-hybridized carbons (Fsp3) is 0.556. The number of hydrogen-bond donors (Lipinski definition) is 0. The van der Waals surface area contributed by atoms with E-state index in [4.69, 9.17) is 0 Å². The Morgan fingerprint density at radius 1 is 1.23 bits per heavy atom. The Kier molecular flexibility index (Phi) is 6.34. The summed E-state index contributed by atoms with van der Waals surface area (Å²) >= 11 is 0. The molecule has 0 radical (unpaired) electrons. The third-order valence-corrected chi connectivity index (χ3v) is 1.18. The van der Waals surface area contributed by atoms with Gasteiger partial charge in [0, 0.05) is 11.8 Å². The first-order valence-corrected chi connectivity index (χ1v) is 3.97. The van der Waals surface area contributed by atoms with Crippen LogP contribution in [0.25, 0.3) is 0 Å². The number of carbonyl (C=O) groups is 2. The molecular weight excluding hydrogens is 172 g/mol. The third-order valence-electron chi connectivity index (χ3n) is 1.18. The molecule has 0 unspecified atom stereocenters. The van der Waals surface area contributed by atoms with Crippen molar-refractivity contribution in [3.05, 3.63) is 0 Å². The van der Waals surface area contributed by atoms with Crippen LogP contribution in [0.1, 0.15) is 19.8 Å². The molecule has 0 saturated heterocycles. The van der Waals surface area contributed by atoms with E-state index in [9.17, 15) is 9.59 Å². The summed E-state index contributed by atoms with van der Waals surface area (Å²) < 4.78 is 8.86. The lowest BCUT2D eigenvalue weighted by Gasteiger charge is -1.96. The topological polar surface area (TPSA) is 52.6 Å². The molecule has 72 valence electrons. The molecular formula is C9H12O4. The van der Waals surface area contributed by atoms with Crippen molar-refractivity contribution in [2.45, 2.75) is 19.8 Å². The minimum absolute atomic E-state index is 0.338. The van der Waals surface area contributed by atoms with Crippen LogP contribution in [0.4, 0.5) is 0 Å². The smallest absolute Gasteiger partial charge is 0.384 e. The summed E-state index contributed by atoms with van der Waals surface area (Å²) in [4.78, 5) is 21.2. The van der Waals surface area contributed by atoms with Crippen LogP contribution in [-0.4, -0.2) is 25.7 Å². The lowest BCUT2D eigenvalue weighted by atomic mass is 10.4. The van der Waals surface area contributed by atoms with Gasteiger partial charge in [-0.1, -0.05) is 13.3 Å². The zero-order valence-electron chi connectivity index (χ0n) is 7.75. The van der Waals surface area contributed by atoms with Crippen molar-refractivity contribution in [1.29, 1.82) is 0 Å². The van der Waals surface area contributed by atoms with Crippen LogP contribution in [0.5, 0.6) is 0 Å². The molecule has 4 nitrogen and oxygen atoms in total. The molecule has 4 heteroatoms. The quantitative estimate of drug-likeness (QED) is 0.277. The monoisotopic (exact) mass is 184 g/mol. The average molecular weight is 184 g/mol. The fourth-order valence-corrected chi connectivity index (χ4v) is 0.498. The largest absolute Gasteiger partial charge is 0.459 e. The van der Waals surface area contributed by atoms with Gasteiger partial charge in [0.05, 0.1) is 13.7 Å². The van der Waals surface area contributed by atoms with Gasteiger partial charge >= 0.3 is 11.9 Å². The molecule has 13 heavy (non-hydrogen) atoms. The Labute approximate surface area is 77.2 Å². The highest BCUT2D eigenvalue weighted by molar-refractivity contribution is 5.98. The minimum Gasteiger partial charge on any atom is -0.459 e. The second-order valence-corrected chi connectivity index (χ2v) is 2.23. The van der Waals surface area contributed by atoms with E-state index in [2.05, 4.69) is 9.47 Å². The van der Waals surface area contributed by atoms with Crippen molar-refractivity contribution in [2.24, 2.45) is 0 Å². The Balaban J connectivity index is 3.71. The van der Waals surface area contributed by atoms with Crippen molar-refractivity contribution in [1.82, 2.24) is 0 Å². The summed E-state index contributed by atoms with van der Waals surface area (Å²) in [6.45, 7) is 2.32. The van der Waals surface area contributed by atoms with Crippen LogP contribution in [0.2, 0.25) is 0 Å². The number of ether oxygens (including phenoxy) is 2. The van der Waals surface area contributed by atoms with Gasteiger partial charge < -0.3 is 9.47 Å². The zero-order valence-corrected chi connectivity index (χ0v) is 7.75. The van der Waals surface area contributed by atoms with Crippen molar-refractivity contribution in [3.8, 4) is 11.8 Å². The minimum atomic E-state index is -0.743. The first kappa shape index (κ1) is 11.5. The van der Waals surface area contributed by atoms with Gasteiger partial charge in [0.2, 0.25) is 0 Å². The zero-order chi connectivity index (χ0) is 10.1. The van der Waals surface area contributed by atoms with Crippen molar-refractivity contribution < 1.29 is 19.1 Å². The van der Waals surface area contributed by atoms with Gasteiger partial charge in [-0.15, -0.1) is 0 Å². The van der Waals surface area contributed by atoms with Crippen molar-refractivity contribution in [2.75, 3.05) is 13.7 Å². The lowest BCUT2D eigenvalue weighted by Crippen LogP contribution is -2.04. The molecule has 0 N–H and O–H groups in total. The van der Waals surface area contributed by atoms with Crippen LogP contribution in [-0.2, 0) is 19.1 Å². The predicted molar refractivity (Wildman–Crippen MR) is 45.7 cm³/mol. The van der Waals surface area contributed by atoms with E-state index in [1.54, 1.807) is 0 Å². The molecule has 0 fully saturated rings. The second-order valence-electron chi connectivity index (χ2n) is 2.23. The third kappa shape index (κ3) is 6.88. The molecule has 0 aromatic rings. The first-order valence-electron chi connectivity index (χ1n) is 3.97. The van der Waals surface area contributed by atoms with E-state index in [1.807, 2.05) is 18.8 Å². The molecule has 0 spiro atoms. The van der Waals surface area contributed by atoms with Gasteiger partial charge in [-0.05, 0) is 6.42 Å². The van der Waals surface area contributed by atoms with Gasteiger partial charge in [0.15, 0.2) is 0 Å². The second kappa shape index (κ2) is 7.17. The highest BCUT2D eigenvalue weighted by atomic mass is 16.5. The number of methoxy groups -OCH3 is 1. The molecule has 0 aliphatic carbocycles. The highest BCUT2D eigenvalue weighted by Crippen LogP contribution is 1.87. The van der Waals surface area contributed by atoms with Crippen LogP contribution in [0.3, 0.4) is 0 Å². The van der Waals surface area contributed by atoms with E-state index >= 15 is 0 Å². The Morgan fingerprint density at radius 3 is 2.38 bits per heavy atom. The van der Waals surface area contributed by atoms with Crippen LogP contribution < -0.4 is 0 Å². The normalized spacial score (nSPS) is 8.15. The molecule has 0 aromatic carbocycles. The molecule has 0 atom stereocenters. The Bertz CT molecular complexity index is 234. The van der Waals surface area contributed by atoms with Gasteiger partial charge in [-0.25, -0.2) is 9.59 Å². The average Bonchev–Trinajstić information content (AvgIpc) is 2.14.